The van der Waals surface area contributed by atoms with Crippen LogP contribution in [0.2, 0.25) is 0 Å². The first-order valence-corrected chi connectivity index (χ1v) is 12.2. The molecule has 0 radical (unpaired) electrons. The van der Waals surface area contributed by atoms with Gasteiger partial charge in [-0.15, -0.1) is 0 Å². The maximum atomic E-state index is 14.5. The third kappa shape index (κ3) is 4.97. The van der Waals surface area contributed by atoms with Gasteiger partial charge >= 0.3 is 0 Å². The van der Waals surface area contributed by atoms with Crippen LogP contribution in [-0.2, 0) is 12.8 Å². The Morgan fingerprint density at radius 3 is 2.00 bits per heavy atom. The van der Waals surface area contributed by atoms with E-state index in [4.69, 9.17) is 0 Å². The second kappa shape index (κ2) is 7.75. The number of likely N-dealkylation sites (tertiary alicyclic amines) is 1. The lowest BCUT2D eigenvalue weighted by Gasteiger charge is -2.45. The van der Waals surface area contributed by atoms with E-state index in [9.17, 15) is 4.39 Å². The fourth-order valence-corrected chi connectivity index (χ4v) is 6.02. The van der Waals surface area contributed by atoms with E-state index >= 15 is 0 Å². The van der Waals surface area contributed by atoms with Gasteiger partial charge in [-0.2, -0.15) is 0 Å². The fourth-order valence-electron chi connectivity index (χ4n) is 6.02. The summed E-state index contributed by atoms with van der Waals surface area (Å²) < 4.78 is 14.5. The average Bonchev–Trinajstić information content (AvgIpc) is 3.14. The minimum absolute atomic E-state index is 0.0102. The van der Waals surface area contributed by atoms with Gasteiger partial charge in [0.1, 0.15) is 6.17 Å². The van der Waals surface area contributed by atoms with Gasteiger partial charge in [-0.3, -0.25) is 4.90 Å². The van der Waals surface area contributed by atoms with Crippen molar-refractivity contribution in [3.63, 3.8) is 0 Å². The van der Waals surface area contributed by atoms with E-state index in [2.05, 4.69) is 104 Å². The van der Waals surface area contributed by atoms with Gasteiger partial charge in [0.05, 0.1) is 0 Å². The molecule has 0 spiro atoms. The molecule has 1 saturated heterocycles. The van der Waals surface area contributed by atoms with Gasteiger partial charge in [0.25, 0.3) is 0 Å². The number of hydrogen-bond acceptors (Lipinski definition) is 2. The molecule has 3 unspecified atom stereocenters. The van der Waals surface area contributed by atoms with Crippen molar-refractivity contribution in [1.29, 1.82) is 0 Å². The van der Waals surface area contributed by atoms with Crippen molar-refractivity contribution in [3.05, 3.63) is 29.3 Å². The number of nitrogens with zero attached hydrogens (tertiary/aromatic N) is 2. The summed E-state index contributed by atoms with van der Waals surface area (Å²) in [6.45, 7) is 26.0. The van der Waals surface area contributed by atoms with Crippen molar-refractivity contribution in [2.75, 3.05) is 11.4 Å². The van der Waals surface area contributed by atoms with Gasteiger partial charge in [0, 0.05) is 35.4 Å². The van der Waals surface area contributed by atoms with Gasteiger partial charge in [-0.25, -0.2) is 4.39 Å². The van der Waals surface area contributed by atoms with E-state index in [1.165, 1.54) is 16.8 Å². The topological polar surface area (TPSA) is 6.48 Å². The molecule has 0 bridgehead atoms. The highest BCUT2D eigenvalue weighted by molar-refractivity contribution is 5.63. The molecule has 1 aromatic carbocycles. The van der Waals surface area contributed by atoms with Crippen molar-refractivity contribution < 1.29 is 4.39 Å². The van der Waals surface area contributed by atoms with E-state index in [0.717, 1.165) is 12.8 Å². The van der Waals surface area contributed by atoms with Gasteiger partial charge < -0.3 is 4.90 Å². The molecule has 1 fully saturated rings. The number of halogens is 1. The number of anilines is 1. The van der Waals surface area contributed by atoms with E-state index in [0.29, 0.717) is 19.0 Å². The molecule has 176 valence electrons. The predicted octanol–water partition coefficient (Wildman–Crippen LogP) is 7.04. The second-order valence-electron chi connectivity index (χ2n) is 13.9. The average molecular weight is 431 g/mol. The molecule has 3 atom stereocenters. The van der Waals surface area contributed by atoms with Crippen LogP contribution in [0.1, 0.15) is 93.7 Å². The summed E-state index contributed by atoms with van der Waals surface area (Å²) in [4.78, 5) is 5.07. The number of hydrogen-bond donors (Lipinski definition) is 0. The molecule has 1 aromatic rings. The largest absolute Gasteiger partial charge is 0.363 e. The highest BCUT2D eigenvalue weighted by atomic mass is 19.1. The first-order chi connectivity index (χ1) is 13.9. The highest BCUT2D eigenvalue weighted by Gasteiger charge is 2.46. The van der Waals surface area contributed by atoms with Crippen LogP contribution >= 0.6 is 0 Å². The standard InChI is InChI=1S/C28H47FN2/c1-25(2,3)23-15-20-13-12-19(14-22(20)31(23)27(7,8)9)17-28(10,11)24-16-21(29)18-30(24)26(4,5)6/h12-14,21,23-24H,15-18H2,1-11H3. The summed E-state index contributed by atoms with van der Waals surface area (Å²) in [5, 5.41) is 0. The Labute approximate surface area is 191 Å². The van der Waals surface area contributed by atoms with Crippen molar-refractivity contribution in [3.8, 4) is 0 Å². The Balaban J connectivity index is 1.91. The molecule has 2 aliphatic heterocycles. The number of benzene rings is 1. The third-order valence-corrected chi connectivity index (χ3v) is 7.53. The summed E-state index contributed by atoms with van der Waals surface area (Å²) in [6.07, 6.45) is 2.02. The smallest absolute Gasteiger partial charge is 0.114 e. The number of alkyl halides is 1. The van der Waals surface area contributed by atoms with Gasteiger partial charge in [0.15, 0.2) is 0 Å². The fraction of sp³-hybridized carbons (Fsp3) is 0.786. The van der Waals surface area contributed by atoms with Gasteiger partial charge in [-0.05, 0) is 88.8 Å². The molecule has 3 rings (SSSR count). The quantitative estimate of drug-likeness (QED) is 0.507. The molecule has 0 aromatic heterocycles. The summed E-state index contributed by atoms with van der Waals surface area (Å²) in [7, 11) is 0. The second-order valence-corrected chi connectivity index (χ2v) is 13.9. The molecule has 31 heavy (non-hydrogen) atoms. The molecule has 0 N–H and O–H groups in total. The Morgan fingerprint density at radius 2 is 1.48 bits per heavy atom. The SMILES string of the molecule is CC(C)(C)C1Cc2ccc(CC(C)(C)C3CC(F)CN3C(C)(C)C)cc2N1C(C)(C)C. The Bertz CT molecular complexity index is 791. The molecule has 2 aliphatic rings. The Kier molecular flexibility index (Phi) is 6.14. The lowest BCUT2D eigenvalue weighted by atomic mass is 9.76. The zero-order chi connectivity index (χ0) is 23.6. The molecule has 3 heteroatoms. The molecule has 0 aliphatic carbocycles. The van der Waals surface area contributed by atoms with Crippen LogP contribution in [0.3, 0.4) is 0 Å². The zero-order valence-electron chi connectivity index (χ0n) is 22.1. The summed E-state index contributed by atoms with van der Waals surface area (Å²) in [5.41, 5.74) is 4.55. The predicted molar refractivity (Wildman–Crippen MR) is 133 cm³/mol. The van der Waals surface area contributed by atoms with Crippen molar-refractivity contribution >= 4 is 5.69 Å². The van der Waals surface area contributed by atoms with Crippen LogP contribution in [0.15, 0.2) is 18.2 Å². The Morgan fingerprint density at radius 1 is 0.871 bits per heavy atom. The summed E-state index contributed by atoms with van der Waals surface area (Å²) in [5.74, 6) is 0. The van der Waals surface area contributed by atoms with Crippen LogP contribution in [0.4, 0.5) is 10.1 Å². The maximum Gasteiger partial charge on any atom is 0.114 e. The minimum atomic E-state index is -0.715. The van der Waals surface area contributed by atoms with E-state index < -0.39 is 6.17 Å². The zero-order valence-corrected chi connectivity index (χ0v) is 22.1. The minimum Gasteiger partial charge on any atom is -0.363 e. The van der Waals surface area contributed by atoms with Gasteiger partial charge in [-0.1, -0.05) is 46.8 Å². The molecular weight excluding hydrogens is 383 g/mol. The number of fused-ring (bicyclic) bond motifs is 1. The highest BCUT2D eigenvalue weighted by Crippen LogP contribution is 2.46. The van der Waals surface area contributed by atoms with E-state index in [1.807, 2.05) is 0 Å². The summed E-state index contributed by atoms with van der Waals surface area (Å²) in [6, 6.07) is 7.90. The van der Waals surface area contributed by atoms with E-state index in [-0.39, 0.29) is 27.9 Å². The first-order valence-electron chi connectivity index (χ1n) is 12.2. The van der Waals surface area contributed by atoms with Crippen LogP contribution in [0.25, 0.3) is 0 Å². The molecule has 2 heterocycles. The molecule has 0 amide bonds. The van der Waals surface area contributed by atoms with Crippen LogP contribution in [0.5, 0.6) is 0 Å². The Hall–Kier alpha value is -1.09. The van der Waals surface area contributed by atoms with Crippen LogP contribution < -0.4 is 4.90 Å². The van der Waals surface area contributed by atoms with Crippen LogP contribution in [0, 0.1) is 10.8 Å². The molecular formula is C28H47FN2. The van der Waals surface area contributed by atoms with Gasteiger partial charge in [0.2, 0.25) is 0 Å². The first kappa shape index (κ1) is 24.6. The molecule has 0 saturated carbocycles. The van der Waals surface area contributed by atoms with Crippen molar-refractivity contribution in [2.24, 2.45) is 10.8 Å². The maximum absolute atomic E-state index is 14.5. The third-order valence-electron chi connectivity index (χ3n) is 7.53. The summed E-state index contributed by atoms with van der Waals surface area (Å²) >= 11 is 0. The lowest BCUT2D eigenvalue weighted by molar-refractivity contribution is 0.0485. The lowest BCUT2D eigenvalue weighted by Crippen LogP contribution is -2.51. The number of rotatable bonds is 3. The monoisotopic (exact) mass is 430 g/mol. The van der Waals surface area contributed by atoms with Crippen molar-refractivity contribution in [2.45, 2.75) is 125 Å². The molecule has 2 nitrogen and oxygen atoms in total. The van der Waals surface area contributed by atoms with E-state index in [1.54, 1.807) is 0 Å². The van der Waals surface area contributed by atoms with Crippen LogP contribution in [-0.4, -0.2) is 40.8 Å². The normalized spacial score (nSPS) is 25.9. The van der Waals surface area contributed by atoms with Crippen molar-refractivity contribution in [1.82, 2.24) is 4.90 Å².